The number of carbonyl (C=O) groups is 1. The molecule has 0 atom stereocenters. The lowest BCUT2D eigenvalue weighted by Crippen LogP contribution is -2.35. The van der Waals surface area contributed by atoms with E-state index in [0.29, 0.717) is 5.56 Å². The van der Waals surface area contributed by atoms with Crippen molar-refractivity contribution in [3.05, 3.63) is 127 Å². The number of carbonyl (C=O) groups excluding carboxylic acids is 1. The molecular weight excluding hydrogens is 444 g/mol. The summed E-state index contributed by atoms with van der Waals surface area (Å²) in [5.74, 6) is 0.904. The highest BCUT2D eigenvalue weighted by Crippen LogP contribution is 2.24. The van der Waals surface area contributed by atoms with Gasteiger partial charge in [-0.1, -0.05) is 54.6 Å². The Morgan fingerprint density at radius 2 is 1.53 bits per heavy atom. The molecule has 0 bridgehead atoms. The summed E-state index contributed by atoms with van der Waals surface area (Å²) >= 11 is 0. The van der Waals surface area contributed by atoms with Crippen LogP contribution in [0.5, 0.6) is 0 Å². The van der Waals surface area contributed by atoms with Crippen LogP contribution in [0.2, 0.25) is 0 Å². The van der Waals surface area contributed by atoms with Gasteiger partial charge in [0, 0.05) is 42.3 Å². The maximum Gasteiger partial charge on any atom is 0.289 e. The molecule has 5 nitrogen and oxygen atoms in total. The van der Waals surface area contributed by atoms with Crippen LogP contribution in [0.3, 0.4) is 0 Å². The van der Waals surface area contributed by atoms with Gasteiger partial charge in [0.25, 0.3) is 11.7 Å². The summed E-state index contributed by atoms with van der Waals surface area (Å²) in [5.41, 5.74) is 5.62. The van der Waals surface area contributed by atoms with Crippen molar-refractivity contribution in [1.29, 1.82) is 0 Å². The third-order valence-corrected chi connectivity index (χ3v) is 6.25. The predicted octanol–water partition coefficient (Wildman–Crippen LogP) is 6.30. The number of nitrogens with one attached hydrogen (secondary N) is 1. The highest BCUT2D eigenvalue weighted by Gasteiger charge is 2.25. The van der Waals surface area contributed by atoms with E-state index in [1.54, 1.807) is 0 Å². The lowest BCUT2D eigenvalue weighted by molar-refractivity contribution is -0.670. The number of amides is 1. The van der Waals surface area contributed by atoms with E-state index in [9.17, 15) is 4.79 Å². The number of imidazole rings is 1. The van der Waals surface area contributed by atoms with Crippen LogP contribution in [0.4, 0.5) is 11.4 Å². The fourth-order valence-corrected chi connectivity index (χ4v) is 4.44. The maximum absolute atomic E-state index is 13.0. The molecule has 0 unspecified atom stereocenters. The van der Waals surface area contributed by atoms with E-state index < -0.39 is 0 Å². The van der Waals surface area contributed by atoms with Crippen LogP contribution in [0.25, 0.3) is 22.8 Å². The van der Waals surface area contributed by atoms with E-state index in [1.807, 2.05) is 92.0 Å². The zero-order chi connectivity index (χ0) is 24.9. The summed E-state index contributed by atoms with van der Waals surface area (Å²) in [6.45, 7) is 2.89. The van der Waals surface area contributed by atoms with Crippen molar-refractivity contribution in [2.45, 2.75) is 13.5 Å². The fourth-order valence-electron chi connectivity index (χ4n) is 4.44. The van der Waals surface area contributed by atoms with Crippen LogP contribution in [0.1, 0.15) is 23.1 Å². The number of aryl methyl sites for hydroxylation is 1. The molecule has 1 aromatic heterocycles. The Bertz CT molecular complexity index is 1510. The summed E-state index contributed by atoms with van der Waals surface area (Å²) in [4.78, 5) is 15.1. The summed E-state index contributed by atoms with van der Waals surface area (Å²) < 4.78 is 4.49. The van der Waals surface area contributed by atoms with Gasteiger partial charge in [-0.15, -0.1) is 0 Å². The second-order valence-electron chi connectivity index (χ2n) is 8.56. The molecule has 5 aromatic rings. The van der Waals surface area contributed by atoms with Gasteiger partial charge in [-0.05, 0) is 55.5 Å². The van der Waals surface area contributed by atoms with Gasteiger partial charge < -0.3 is 10.2 Å². The standard InChI is InChI=1S/C31H28N4O/c1-3-34-29-23-24(31(36)32-25-13-7-4-8-14-25)19-20-28(29)35(27-17-11-6-12-18-27)30(34)21-22-33(2)26-15-9-5-10-16-26/h4-23H,3H2,1-2H3/p+1. The molecule has 4 aromatic carbocycles. The van der Waals surface area contributed by atoms with Gasteiger partial charge in [0.1, 0.15) is 5.69 Å². The molecule has 36 heavy (non-hydrogen) atoms. The number of fused-ring (bicyclic) bond motifs is 1. The van der Waals surface area contributed by atoms with Crippen molar-refractivity contribution < 1.29 is 9.36 Å². The van der Waals surface area contributed by atoms with Crippen LogP contribution >= 0.6 is 0 Å². The third-order valence-electron chi connectivity index (χ3n) is 6.25. The Kier molecular flexibility index (Phi) is 6.63. The zero-order valence-corrected chi connectivity index (χ0v) is 20.5. The Balaban J connectivity index is 1.61. The number of para-hydroxylation sites is 3. The van der Waals surface area contributed by atoms with Gasteiger partial charge in [0.15, 0.2) is 11.0 Å². The third kappa shape index (κ3) is 4.64. The number of benzene rings is 4. The largest absolute Gasteiger partial charge is 0.351 e. The van der Waals surface area contributed by atoms with Crippen molar-refractivity contribution in [2.24, 2.45) is 0 Å². The molecule has 0 aliphatic carbocycles. The van der Waals surface area contributed by atoms with Crippen LogP contribution in [-0.2, 0) is 6.54 Å². The van der Waals surface area contributed by atoms with Crippen molar-refractivity contribution in [1.82, 2.24) is 4.57 Å². The molecule has 0 spiro atoms. The topological polar surface area (TPSA) is 41.1 Å². The zero-order valence-electron chi connectivity index (χ0n) is 20.5. The van der Waals surface area contributed by atoms with E-state index in [4.69, 9.17) is 0 Å². The summed E-state index contributed by atoms with van der Waals surface area (Å²) in [5, 5.41) is 3.00. The van der Waals surface area contributed by atoms with Crippen molar-refractivity contribution >= 4 is 34.4 Å². The monoisotopic (exact) mass is 473 g/mol. The SMILES string of the molecule is CC[n+]1c(/C=C/N(C)c2ccccc2)n(-c2ccccc2)c2ccc(C(=O)Nc3ccccc3)cc21. The number of anilines is 2. The van der Waals surface area contributed by atoms with E-state index in [0.717, 1.165) is 40.5 Å². The molecule has 0 aliphatic rings. The van der Waals surface area contributed by atoms with Crippen LogP contribution < -0.4 is 14.8 Å². The normalized spacial score (nSPS) is 11.2. The Morgan fingerprint density at radius 3 is 2.19 bits per heavy atom. The molecule has 1 amide bonds. The van der Waals surface area contributed by atoms with Gasteiger partial charge in [0.2, 0.25) is 0 Å². The minimum absolute atomic E-state index is 0.126. The first-order chi connectivity index (χ1) is 17.7. The van der Waals surface area contributed by atoms with Crippen LogP contribution in [0, 0.1) is 0 Å². The number of hydrogen-bond acceptors (Lipinski definition) is 2. The average molecular weight is 474 g/mol. The minimum Gasteiger partial charge on any atom is -0.351 e. The number of rotatable bonds is 7. The summed E-state index contributed by atoms with van der Waals surface area (Å²) in [6.07, 6.45) is 4.21. The molecule has 0 aliphatic heterocycles. The molecule has 178 valence electrons. The molecule has 1 heterocycles. The first-order valence-electron chi connectivity index (χ1n) is 12.1. The molecule has 5 rings (SSSR count). The lowest BCUT2D eigenvalue weighted by atomic mass is 10.1. The fraction of sp³-hybridized carbons (Fsp3) is 0.0968. The Labute approximate surface area is 211 Å². The maximum atomic E-state index is 13.0. The Hall–Kier alpha value is -4.64. The molecule has 0 saturated carbocycles. The lowest BCUT2D eigenvalue weighted by Gasteiger charge is -2.13. The van der Waals surface area contributed by atoms with Gasteiger partial charge in [-0.3, -0.25) is 4.79 Å². The number of hydrogen-bond donors (Lipinski definition) is 1. The second kappa shape index (κ2) is 10.3. The highest BCUT2D eigenvalue weighted by atomic mass is 16.1. The van der Waals surface area contributed by atoms with Gasteiger partial charge in [-0.2, -0.15) is 4.57 Å². The van der Waals surface area contributed by atoms with Crippen LogP contribution in [-0.4, -0.2) is 17.5 Å². The first-order valence-corrected chi connectivity index (χ1v) is 12.1. The summed E-state index contributed by atoms with van der Waals surface area (Å²) in [6, 6.07) is 36.0. The first kappa shape index (κ1) is 23.1. The molecule has 0 fully saturated rings. The second-order valence-corrected chi connectivity index (χ2v) is 8.56. The number of aromatic nitrogens is 2. The van der Waals surface area contributed by atoms with Crippen molar-refractivity contribution in [3.8, 4) is 5.69 Å². The van der Waals surface area contributed by atoms with E-state index in [2.05, 4.69) is 62.8 Å². The summed E-state index contributed by atoms with van der Waals surface area (Å²) in [7, 11) is 2.05. The number of nitrogens with zero attached hydrogens (tertiary/aromatic N) is 3. The van der Waals surface area contributed by atoms with E-state index >= 15 is 0 Å². The molecule has 0 saturated heterocycles. The molecule has 5 heteroatoms. The quantitative estimate of drug-likeness (QED) is 0.282. The predicted molar refractivity (Wildman–Crippen MR) is 147 cm³/mol. The molecule has 0 radical (unpaired) electrons. The van der Waals surface area contributed by atoms with Gasteiger partial charge in [0.05, 0.1) is 6.54 Å². The average Bonchev–Trinajstić information content (AvgIpc) is 3.25. The Morgan fingerprint density at radius 1 is 0.889 bits per heavy atom. The van der Waals surface area contributed by atoms with Crippen LogP contribution in [0.15, 0.2) is 115 Å². The van der Waals surface area contributed by atoms with Gasteiger partial charge in [-0.25, -0.2) is 4.57 Å². The van der Waals surface area contributed by atoms with Crippen molar-refractivity contribution in [2.75, 3.05) is 17.3 Å². The molecular formula is C31H29N4O+. The van der Waals surface area contributed by atoms with Crippen molar-refractivity contribution in [3.63, 3.8) is 0 Å². The minimum atomic E-state index is -0.126. The molecule has 1 N–H and O–H groups in total. The smallest absolute Gasteiger partial charge is 0.289 e. The highest BCUT2D eigenvalue weighted by molar-refractivity contribution is 6.05. The van der Waals surface area contributed by atoms with Gasteiger partial charge >= 0.3 is 0 Å². The van der Waals surface area contributed by atoms with E-state index in [-0.39, 0.29) is 5.91 Å². The van der Waals surface area contributed by atoms with E-state index in [1.165, 1.54) is 0 Å².